The van der Waals surface area contributed by atoms with Crippen LogP contribution in [0.15, 0.2) is 60.7 Å². The third-order valence-electron chi connectivity index (χ3n) is 5.75. The zero-order valence-electron chi connectivity index (χ0n) is 18.3. The number of rotatable bonds is 4. The van der Waals surface area contributed by atoms with Gasteiger partial charge in [0.05, 0.1) is 13.4 Å². The second kappa shape index (κ2) is 8.23. The van der Waals surface area contributed by atoms with E-state index in [9.17, 15) is 8.42 Å². The van der Waals surface area contributed by atoms with Crippen LogP contribution in [0.1, 0.15) is 40.3 Å². The van der Waals surface area contributed by atoms with Crippen molar-refractivity contribution >= 4 is 26.9 Å². The summed E-state index contributed by atoms with van der Waals surface area (Å²) in [5.41, 5.74) is 10.1. The van der Waals surface area contributed by atoms with Crippen molar-refractivity contribution in [2.75, 3.05) is 18.1 Å². The molecule has 3 aromatic rings. The lowest BCUT2D eigenvalue weighted by Crippen LogP contribution is -2.09. The fraction of sp³-hybridized carbons (Fsp3) is 0.231. The summed E-state index contributed by atoms with van der Waals surface area (Å²) >= 11 is 0. The Labute approximate surface area is 184 Å². The maximum atomic E-state index is 11.7. The van der Waals surface area contributed by atoms with E-state index in [1.807, 2.05) is 24.3 Å². The fourth-order valence-corrected chi connectivity index (χ4v) is 4.87. The Bertz CT molecular complexity index is 1290. The van der Waals surface area contributed by atoms with E-state index in [2.05, 4.69) is 48.9 Å². The van der Waals surface area contributed by atoms with Gasteiger partial charge in [-0.15, -0.1) is 0 Å². The van der Waals surface area contributed by atoms with Gasteiger partial charge in [0.25, 0.3) is 0 Å². The summed E-state index contributed by atoms with van der Waals surface area (Å²) in [6, 6.07) is 20.5. The van der Waals surface area contributed by atoms with E-state index in [-0.39, 0.29) is 0 Å². The molecular formula is C26H27NO3S. The second-order valence-electron chi connectivity index (χ2n) is 8.14. The van der Waals surface area contributed by atoms with E-state index in [0.29, 0.717) is 5.69 Å². The van der Waals surface area contributed by atoms with Crippen LogP contribution in [0.4, 0.5) is 5.69 Å². The van der Waals surface area contributed by atoms with Crippen LogP contribution in [0.2, 0.25) is 0 Å². The molecule has 1 aliphatic carbocycles. The van der Waals surface area contributed by atoms with E-state index in [4.69, 9.17) is 4.74 Å². The summed E-state index contributed by atoms with van der Waals surface area (Å²) < 4.78 is 31.5. The largest absolute Gasteiger partial charge is 0.497 e. The first-order valence-electron chi connectivity index (χ1n) is 10.3. The van der Waals surface area contributed by atoms with Crippen LogP contribution < -0.4 is 9.46 Å². The Morgan fingerprint density at radius 1 is 0.935 bits per heavy atom. The van der Waals surface area contributed by atoms with E-state index in [1.54, 1.807) is 13.2 Å². The number of benzene rings is 3. The molecule has 0 unspecified atom stereocenters. The molecule has 1 aliphatic rings. The Hall–Kier alpha value is -3.05. The van der Waals surface area contributed by atoms with Crippen molar-refractivity contribution in [3.8, 4) is 5.75 Å². The molecule has 0 spiro atoms. The molecule has 3 aromatic carbocycles. The number of fused-ring (bicyclic) bond motifs is 2. The van der Waals surface area contributed by atoms with Gasteiger partial charge in [-0.2, -0.15) is 0 Å². The molecule has 160 valence electrons. The van der Waals surface area contributed by atoms with Gasteiger partial charge in [0.2, 0.25) is 10.0 Å². The number of hydrogen-bond donors (Lipinski definition) is 1. The van der Waals surface area contributed by atoms with Crippen molar-refractivity contribution in [1.82, 2.24) is 0 Å². The molecular weight excluding hydrogens is 406 g/mol. The molecule has 0 bridgehead atoms. The lowest BCUT2D eigenvalue weighted by atomic mass is 9.87. The quantitative estimate of drug-likeness (QED) is 0.595. The highest BCUT2D eigenvalue weighted by molar-refractivity contribution is 7.92. The van der Waals surface area contributed by atoms with Crippen molar-refractivity contribution in [1.29, 1.82) is 0 Å². The van der Waals surface area contributed by atoms with Gasteiger partial charge in [-0.25, -0.2) is 8.42 Å². The van der Waals surface area contributed by atoms with Gasteiger partial charge in [0.1, 0.15) is 5.75 Å². The number of hydrogen-bond acceptors (Lipinski definition) is 3. The molecule has 0 saturated heterocycles. The van der Waals surface area contributed by atoms with Crippen molar-refractivity contribution < 1.29 is 13.2 Å². The highest BCUT2D eigenvalue weighted by atomic mass is 32.2. The summed E-state index contributed by atoms with van der Waals surface area (Å²) in [4.78, 5) is 0. The van der Waals surface area contributed by atoms with Gasteiger partial charge in [0.15, 0.2) is 0 Å². The number of sulfonamides is 1. The Balaban J connectivity index is 1.96. The summed E-state index contributed by atoms with van der Waals surface area (Å²) in [6.07, 6.45) is 3.07. The van der Waals surface area contributed by atoms with Crippen molar-refractivity contribution in [2.24, 2.45) is 0 Å². The SMILES string of the molecule is COc1ccc2c(c1)CCc1cc(C)ccc1/C2=C(\C)c1cccc(NS(C)(=O)=O)c1. The predicted molar refractivity (Wildman–Crippen MR) is 128 cm³/mol. The molecule has 0 radical (unpaired) electrons. The topological polar surface area (TPSA) is 55.4 Å². The lowest BCUT2D eigenvalue weighted by molar-refractivity contribution is 0.414. The molecule has 0 fully saturated rings. The summed E-state index contributed by atoms with van der Waals surface area (Å²) in [5.74, 6) is 0.859. The maximum Gasteiger partial charge on any atom is 0.229 e. The summed E-state index contributed by atoms with van der Waals surface area (Å²) in [6.45, 7) is 4.23. The minimum atomic E-state index is -3.34. The number of aryl methyl sites for hydroxylation is 3. The number of methoxy groups -OCH3 is 1. The molecule has 0 atom stereocenters. The molecule has 5 heteroatoms. The monoisotopic (exact) mass is 433 g/mol. The van der Waals surface area contributed by atoms with E-state index < -0.39 is 10.0 Å². The van der Waals surface area contributed by atoms with Gasteiger partial charge >= 0.3 is 0 Å². The Morgan fingerprint density at radius 3 is 2.29 bits per heavy atom. The summed E-state index contributed by atoms with van der Waals surface area (Å²) in [7, 11) is -1.65. The fourth-order valence-electron chi connectivity index (χ4n) is 4.31. The molecule has 0 aromatic heterocycles. The van der Waals surface area contributed by atoms with Gasteiger partial charge < -0.3 is 4.74 Å². The minimum absolute atomic E-state index is 0.563. The molecule has 0 saturated carbocycles. The standard InChI is InChI=1S/C26H27NO3S/c1-17-8-12-24-20(14-17)9-10-21-16-23(30-3)11-13-25(21)26(24)18(2)19-6-5-7-22(15-19)27-31(4,28)29/h5-8,11-16,27H,9-10H2,1-4H3/b26-18-. The van der Waals surface area contributed by atoms with E-state index >= 15 is 0 Å². The average molecular weight is 434 g/mol. The van der Waals surface area contributed by atoms with Crippen molar-refractivity contribution in [3.05, 3.63) is 94.0 Å². The zero-order chi connectivity index (χ0) is 22.2. The zero-order valence-corrected chi connectivity index (χ0v) is 19.1. The van der Waals surface area contributed by atoms with Gasteiger partial charge in [-0.3, -0.25) is 4.72 Å². The lowest BCUT2D eigenvalue weighted by Gasteiger charge is -2.18. The predicted octanol–water partition coefficient (Wildman–Crippen LogP) is 5.45. The van der Waals surface area contributed by atoms with Crippen molar-refractivity contribution in [3.63, 3.8) is 0 Å². The van der Waals surface area contributed by atoms with Crippen LogP contribution in [0, 0.1) is 6.92 Å². The molecule has 31 heavy (non-hydrogen) atoms. The first-order chi connectivity index (χ1) is 14.7. The van der Waals surface area contributed by atoms with E-state index in [1.165, 1.54) is 39.6 Å². The third kappa shape index (κ3) is 4.52. The minimum Gasteiger partial charge on any atom is -0.497 e. The maximum absolute atomic E-state index is 11.7. The first-order valence-corrected chi connectivity index (χ1v) is 12.2. The Morgan fingerprint density at radius 2 is 1.61 bits per heavy atom. The number of nitrogens with one attached hydrogen (secondary N) is 1. The molecule has 4 nitrogen and oxygen atoms in total. The molecule has 1 N–H and O–H groups in total. The normalized spacial score (nSPS) is 14.8. The van der Waals surface area contributed by atoms with Gasteiger partial charge in [-0.05, 0) is 89.9 Å². The molecule has 4 rings (SSSR count). The molecule has 0 amide bonds. The van der Waals surface area contributed by atoms with Gasteiger partial charge in [-0.1, -0.05) is 42.0 Å². The Kier molecular flexibility index (Phi) is 5.63. The third-order valence-corrected chi connectivity index (χ3v) is 6.36. The van der Waals surface area contributed by atoms with Crippen LogP contribution in [0.5, 0.6) is 5.75 Å². The number of anilines is 1. The number of ether oxygens (including phenoxy) is 1. The first kappa shape index (κ1) is 21.2. The van der Waals surface area contributed by atoms with Gasteiger partial charge in [0, 0.05) is 5.69 Å². The number of allylic oxidation sites excluding steroid dienone is 1. The van der Waals surface area contributed by atoms with Crippen LogP contribution in [-0.2, 0) is 22.9 Å². The summed E-state index contributed by atoms with van der Waals surface area (Å²) in [5, 5.41) is 0. The second-order valence-corrected chi connectivity index (χ2v) is 9.89. The molecule has 0 heterocycles. The van der Waals surface area contributed by atoms with Crippen LogP contribution in [-0.4, -0.2) is 21.8 Å². The van der Waals surface area contributed by atoms with Crippen LogP contribution in [0.25, 0.3) is 11.1 Å². The van der Waals surface area contributed by atoms with Crippen LogP contribution >= 0.6 is 0 Å². The highest BCUT2D eigenvalue weighted by Crippen LogP contribution is 2.40. The average Bonchev–Trinajstić information content (AvgIpc) is 2.88. The highest BCUT2D eigenvalue weighted by Gasteiger charge is 2.21. The smallest absolute Gasteiger partial charge is 0.229 e. The molecule has 0 aliphatic heterocycles. The van der Waals surface area contributed by atoms with Crippen molar-refractivity contribution in [2.45, 2.75) is 26.7 Å². The van der Waals surface area contributed by atoms with Crippen LogP contribution in [0.3, 0.4) is 0 Å². The van der Waals surface area contributed by atoms with E-state index in [0.717, 1.165) is 29.7 Å².